The van der Waals surface area contributed by atoms with Crippen molar-refractivity contribution in [3.05, 3.63) is 65.7 Å². The maximum absolute atomic E-state index is 12.6. The van der Waals surface area contributed by atoms with E-state index in [1.807, 2.05) is 0 Å². The van der Waals surface area contributed by atoms with Gasteiger partial charge in [-0.15, -0.1) is 11.8 Å². The monoisotopic (exact) mass is 487 g/mol. The molecule has 4 N–H and O–H groups in total. The zero-order valence-electron chi connectivity index (χ0n) is 18.6. The predicted octanol–water partition coefficient (Wildman–Crippen LogP) is 2.67. The zero-order chi connectivity index (χ0) is 25.1. The Morgan fingerprint density at radius 2 is 1.65 bits per heavy atom. The van der Waals surface area contributed by atoms with Crippen LogP contribution in [-0.4, -0.2) is 59.0 Å². The molecular formula is C23H25N3O7S. The number of nitrogens with one attached hydrogen (secondary N) is 3. The molecule has 0 fully saturated rings. The standard InChI is InChI=1S/C23H25N3O7S/c1-3-32-23(31)26-20(24)14-9-11-15(12-10-14)21(28)25-18(34-2)13-17(27)19(22(29)30)33-16-7-5-4-6-8-16/h4-12,18-19H,3,13H2,1-2H3,(H,25,28)(H,29,30)(H2,24,26,31). The molecule has 0 spiro atoms. The number of Topliss-reactive ketones (excluding diaryl/α,β-unsaturated/α-hetero) is 1. The lowest BCUT2D eigenvalue weighted by molar-refractivity contribution is -0.150. The van der Waals surface area contributed by atoms with Crippen molar-refractivity contribution in [1.82, 2.24) is 10.6 Å². The van der Waals surface area contributed by atoms with Crippen molar-refractivity contribution in [1.29, 1.82) is 5.41 Å². The van der Waals surface area contributed by atoms with Crippen LogP contribution in [0.1, 0.15) is 29.3 Å². The summed E-state index contributed by atoms with van der Waals surface area (Å²) in [5, 5.41) is 21.5. The Kier molecular flexibility index (Phi) is 10.1. The highest BCUT2D eigenvalue weighted by atomic mass is 32.2. The largest absolute Gasteiger partial charge is 0.478 e. The minimum absolute atomic E-state index is 0.170. The van der Waals surface area contributed by atoms with Gasteiger partial charge in [0.1, 0.15) is 11.6 Å². The first-order chi connectivity index (χ1) is 16.2. The summed E-state index contributed by atoms with van der Waals surface area (Å²) in [4.78, 5) is 48.2. The molecule has 0 aliphatic rings. The number of carbonyl (C=O) groups is 4. The van der Waals surface area contributed by atoms with Crippen molar-refractivity contribution in [2.45, 2.75) is 24.8 Å². The van der Waals surface area contributed by atoms with Crippen molar-refractivity contribution >= 4 is 41.4 Å². The van der Waals surface area contributed by atoms with Crippen LogP contribution in [0, 0.1) is 5.41 Å². The number of carbonyl (C=O) groups excluding carboxylic acids is 3. The third-order valence-electron chi connectivity index (χ3n) is 4.42. The Morgan fingerprint density at radius 1 is 1.03 bits per heavy atom. The molecule has 34 heavy (non-hydrogen) atoms. The van der Waals surface area contributed by atoms with Gasteiger partial charge in [0, 0.05) is 17.5 Å². The molecule has 0 aliphatic heterocycles. The van der Waals surface area contributed by atoms with Crippen molar-refractivity contribution < 1.29 is 33.8 Å². The molecule has 0 saturated carbocycles. The highest BCUT2D eigenvalue weighted by molar-refractivity contribution is 7.99. The lowest BCUT2D eigenvalue weighted by Crippen LogP contribution is -2.41. The quantitative estimate of drug-likeness (QED) is 0.163. The number of benzene rings is 2. The summed E-state index contributed by atoms with van der Waals surface area (Å²) in [6, 6.07) is 14.0. The van der Waals surface area contributed by atoms with Gasteiger partial charge in [-0.25, -0.2) is 9.59 Å². The number of amides is 2. The second-order valence-electron chi connectivity index (χ2n) is 6.82. The number of rotatable bonds is 11. The second kappa shape index (κ2) is 13.0. The van der Waals surface area contributed by atoms with E-state index >= 15 is 0 Å². The molecule has 0 aliphatic carbocycles. The fourth-order valence-corrected chi connectivity index (χ4v) is 3.29. The lowest BCUT2D eigenvalue weighted by Gasteiger charge is -2.19. The van der Waals surface area contributed by atoms with Crippen molar-refractivity contribution in [2.75, 3.05) is 12.9 Å². The van der Waals surface area contributed by atoms with E-state index in [0.29, 0.717) is 5.56 Å². The SMILES string of the molecule is CCOC(=O)NC(=N)c1ccc(C(=O)NC(CC(=O)C(Oc2ccccc2)C(=O)O)SC)cc1. The van der Waals surface area contributed by atoms with Crippen LogP contribution < -0.4 is 15.4 Å². The molecule has 2 aromatic carbocycles. The fraction of sp³-hybridized carbons (Fsp3) is 0.261. The van der Waals surface area contributed by atoms with E-state index in [1.54, 1.807) is 43.5 Å². The highest BCUT2D eigenvalue weighted by Gasteiger charge is 2.30. The van der Waals surface area contributed by atoms with E-state index in [9.17, 15) is 24.3 Å². The number of hydrogen-bond donors (Lipinski definition) is 4. The highest BCUT2D eigenvalue weighted by Crippen LogP contribution is 2.16. The lowest BCUT2D eigenvalue weighted by atomic mass is 10.1. The number of carboxylic acids is 1. The Morgan fingerprint density at radius 3 is 2.21 bits per heavy atom. The molecule has 10 nitrogen and oxygen atoms in total. The molecule has 2 atom stereocenters. The normalized spacial score (nSPS) is 12.1. The van der Waals surface area contributed by atoms with E-state index < -0.39 is 35.2 Å². The van der Waals surface area contributed by atoms with Gasteiger partial charge in [0.2, 0.25) is 0 Å². The summed E-state index contributed by atoms with van der Waals surface area (Å²) in [6.45, 7) is 1.81. The van der Waals surface area contributed by atoms with Crippen LogP contribution in [0.25, 0.3) is 0 Å². The van der Waals surface area contributed by atoms with E-state index in [-0.39, 0.29) is 30.2 Å². The summed E-state index contributed by atoms with van der Waals surface area (Å²) in [6.07, 6.45) is -1.04. The number of thioether (sulfide) groups is 1. The summed E-state index contributed by atoms with van der Waals surface area (Å²) >= 11 is 1.18. The minimum atomic E-state index is -1.70. The van der Waals surface area contributed by atoms with Gasteiger partial charge in [0.05, 0.1) is 12.0 Å². The van der Waals surface area contributed by atoms with Crippen LogP contribution in [0.4, 0.5) is 4.79 Å². The van der Waals surface area contributed by atoms with Gasteiger partial charge >= 0.3 is 12.1 Å². The van der Waals surface area contributed by atoms with E-state index in [0.717, 1.165) is 0 Å². The molecule has 0 heterocycles. The Hall–Kier alpha value is -3.86. The first kappa shape index (κ1) is 26.4. The number of ketones is 1. The Bertz CT molecular complexity index is 1030. The second-order valence-corrected chi connectivity index (χ2v) is 7.86. The molecule has 2 rings (SSSR count). The number of aliphatic carboxylic acids is 1. The maximum atomic E-state index is 12.6. The van der Waals surface area contributed by atoms with Crippen LogP contribution in [0.5, 0.6) is 5.75 Å². The molecule has 0 bridgehead atoms. The zero-order valence-corrected chi connectivity index (χ0v) is 19.4. The number of alkyl carbamates (subject to hydrolysis) is 1. The van der Waals surface area contributed by atoms with Gasteiger partial charge < -0.3 is 19.9 Å². The number of amidine groups is 1. The van der Waals surface area contributed by atoms with Crippen molar-refractivity contribution in [3.63, 3.8) is 0 Å². The number of ether oxygens (including phenoxy) is 2. The predicted molar refractivity (Wildman–Crippen MR) is 126 cm³/mol. The first-order valence-electron chi connectivity index (χ1n) is 10.2. The first-order valence-corrected chi connectivity index (χ1v) is 11.5. The van der Waals surface area contributed by atoms with Crippen LogP contribution in [-0.2, 0) is 14.3 Å². The van der Waals surface area contributed by atoms with Crippen molar-refractivity contribution in [2.24, 2.45) is 0 Å². The molecule has 0 saturated heterocycles. The topological polar surface area (TPSA) is 155 Å². The van der Waals surface area contributed by atoms with Gasteiger partial charge in [-0.3, -0.25) is 20.3 Å². The summed E-state index contributed by atoms with van der Waals surface area (Å²) in [7, 11) is 0. The summed E-state index contributed by atoms with van der Waals surface area (Å²) in [5.74, 6) is -2.54. The van der Waals surface area contributed by atoms with E-state index in [4.69, 9.17) is 14.9 Å². The van der Waals surface area contributed by atoms with Crippen LogP contribution in [0.3, 0.4) is 0 Å². The molecule has 0 radical (unpaired) electrons. The average molecular weight is 488 g/mol. The number of para-hydroxylation sites is 1. The molecule has 11 heteroatoms. The number of hydrogen-bond acceptors (Lipinski definition) is 8. The summed E-state index contributed by atoms with van der Waals surface area (Å²) < 4.78 is 10.0. The molecule has 2 unspecified atom stereocenters. The molecule has 180 valence electrons. The smallest absolute Gasteiger partial charge is 0.412 e. The van der Waals surface area contributed by atoms with Crippen LogP contribution >= 0.6 is 11.8 Å². The van der Waals surface area contributed by atoms with Crippen molar-refractivity contribution in [3.8, 4) is 5.75 Å². The maximum Gasteiger partial charge on any atom is 0.412 e. The Labute approximate surface area is 200 Å². The Balaban J connectivity index is 1.99. The van der Waals surface area contributed by atoms with E-state index in [1.165, 1.54) is 36.0 Å². The summed E-state index contributed by atoms with van der Waals surface area (Å²) in [5.41, 5.74) is 0.623. The van der Waals surface area contributed by atoms with E-state index in [2.05, 4.69) is 10.6 Å². The third-order valence-corrected chi connectivity index (χ3v) is 5.27. The van der Waals surface area contributed by atoms with Gasteiger partial charge in [0.25, 0.3) is 12.0 Å². The fourth-order valence-electron chi connectivity index (χ4n) is 2.73. The van der Waals surface area contributed by atoms with Crippen LogP contribution in [0.2, 0.25) is 0 Å². The van der Waals surface area contributed by atoms with Gasteiger partial charge in [0.15, 0.2) is 5.78 Å². The van der Waals surface area contributed by atoms with Gasteiger partial charge in [-0.2, -0.15) is 0 Å². The third kappa shape index (κ3) is 7.93. The van der Waals surface area contributed by atoms with Gasteiger partial charge in [-0.05, 0) is 37.4 Å². The molecule has 0 aromatic heterocycles. The average Bonchev–Trinajstić information content (AvgIpc) is 2.82. The van der Waals surface area contributed by atoms with Gasteiger partial charge in [-0.1, -0.05) is 30.3 Å². The molecule has 2 amide bonds. The van der Waals surface area contributed by atoms with Crippen LogP contribution in [0.15, 0.2) is 54.6 Å². The number of carboxylic acid groups (broad SMARTS) is 1. The molecular weight excluding hydrogens is 462 g/mol. The molecule has 2 aromatic rings. The minimum Gasteiger partial charge on any atom is -0.478 e.